The molecule has 0 aliphatic rings. The van der Waals surface area contributed by atoms with Gasteiger partial charge in [-0.3, -0.25) is 9.59 Å². The summed E-state index contributed by atoms with van der Waals surface area (Å²) >= 11 is 0. The first-order valence-corrected chi connectivity index (χ1v) is 6.04. The summed E-state index contributed by atoms with van der Waals surface area (Å²) in [6.45, 7) is 0. The number of carboxylic acid groups (broad SMARTS) is 1. The smallest absolute Gasteiger partial charge is 0.550 e. The van der Waals surface area contributed by atoms with Crippen molar-refractivity contribution in [1.82, 2.24) is 0 Å². The van der Waals surface area contributed by atoms with Gasteiger partial charge in [-0.25, -0.2) is 0 Å². The van der Waals surface area contributed by atoms with Crippen LogP contribution >= 0.6 is 0 Å². The third-order valence-electron chi connectivity index (χ3n) is 2.79. The number of carbonyl (C=O) groups is 3. The average molecular weight is 285 g/mol. The minimum Gasteiger partial charge on any atom is -0.550 e. The molecule has 1 atom stereocenters. The van der Waals surface area contributed by atoms with E-state index in [1.54, 1.807) is 12.1 Å². The quantitative estimate of drug-likeness (QED) is 0.509. The molecule has 6 heteroatoms. The Balaban J connectivity index is 0.00000361. The Morgan fingerprint density at radius 1 is 1.15 bits per heavy atom. The summed E-state index contributed by atoms with van der Waals surface area (Å²) in [4.78, 5) is 33.3. The van der Waals surface area contributed by atoms with Gasteiger partial charge in [0.25, 0.3) is 0 Å². The van der Waals surface area contributed by atoms with Crippen LogP contribution < -0.4 is 40.4 Å². The minimum absolute atomic E-state index is 0. The number of Topliss-reactive ketones (excluding diaryl/α,β-unsaturated/α-hetero) is 1. The van der Waals surface area contributed by atoms with Crippen molar-refractivity contribution < 1.29 is 49.0 Å². The SMILES string of the molecule is NC(=O)CC[C@H](CC(=O)Cc1ccccc1)C(=O)[O-].[Na+]. The van der Waals surface area contributed by atoms with Gasteiger partial charge in [0.2, 0.25) is 5.91 Å². The standard InChI is InChI=1S/C14H17NO4.Na/c15-13(17)7-6-11(14(18)19)9-12(16)8-10-4-2-1-3-5-10;/h1-5,11H,6-9H2,(H2,15,17)(H,18,19);/q;+1/p-1/t11-;/m1./s1. The Bertz CT molecular complexity index is 462. The molecule has 0 aromatic heterocycles. The summed E-state index contributed by atoms with van der Waals surface area (Å²) in [7, 11) is 0. The van der Waals surface area contributed by atoms with E-state index in [9.17, 15) is 19.5 Å². The zero-order valence-corrected chi connectivity index (χ0v) is 13.5. The molecule has 20 heavy (non-hydrogen) atoms. The number of carboxylic acids is 1. The maximum Gasteiger partial charge on any atom is 1.00 e. The molecule has 102 valence electrons. The van der Waals surface area contributed by atoms with Gasteiger partial charge in [-0.1, -0.05) is 30.3 Å². The maximum atomic E-state index is 11.8. The number of rotatable bonds is 8. The van der Waals surface area contributed by atoms with Crippen molar-refractivity contribution >= 4 is 17.7 Å². The average Bonchev–Trinajstić information content (AvgIpc) is 2.35. The van der Waals surface area contributed by atoms with Gasteiger partial charge in [0.15, 0.2) is 0 Å². The van der Waals surface area contributed by atoms with E-state index in [1.165, 1.54) is 0 Å². The first-order valence-electron chi connectivity index (χ1n) is 6.04. The number of primary amides is 1. The third kappa shape index (κ3) is 7.43. The Morgan fingerprint density at radius 2 is 1.75 bits per heavy atom. The van der Waals surface area contributed by atoms with Gasteiger partial charge >= 0.3 is 29.6 Å². The van der Waals surface area contributed by atoms with Gasteiger partial charge in [0.1, 0.15) is 5.78 Å². The third-order valence-corrected chi connectivity index (χ3v) is 2.79. The van der Waals surface area contributed by atoms with E-state index in [1.807, 2.05) is 18.2 Å². The number of ketones is 1. The topological polar surface area (TPSA) is 100 Å². The summed E-state index contributed by atoms with van der Waals surface area (Å²) in [5.41, 5.74) is 5.79. The van der Waals surface area contributed by atoms with E-state index in [4.69, 9.17) is 5.73 Å². The summed E-state index contributed by atoms with van der Waals surface area (Å²) in [6.07, 6.45) is 0.0289. The molecule has 1 aromatic carbocycles. The Labute approximate surface area is 139 Å². The fourth-order valence-corrected chi connectivity index (χ4v) is 1.79. The Kier molecular flexibility index (Phi) is 9.12. The van der Waals surface area contributed by atoms with E-state index in [0.29, 0.717) is 0 Å². The van der Waals surface area contributed by atoms with Crippen molar-refractivity contribution in [3.05, 3.63) is 35.9 Å². The van der Waals surface area contributed by atoms with Crippen LogP contribution in [-0.4, -0.2) is 17.7 Å². The number of aliphatic carboxylic acids is 1. The van der Waals surface area contributed by atoms with E-state index in [2.05, 4.69) is 0 Å². The molecular formula is C14H16NNaO4. The van der Waals surface area contributed by atoms with E-state index in [0.717, 1.165) is 5.56 Å². The van der Waals surface area contributed by atoms with Gasteiger partial charge < -0.3 is 15.6 Å². The number of hydrogen-bond acceptors (Lipinski definition) is 4. The Hall–Kier alpha value is -1.17. The van der Waals surface area contributed by atoms with Crippen LogP contribution in [0.15, 0.2) is 30.3 Å². The van der Waals surface area contributed by atoms with Gasteiger partial charge in [-0.05, 0) is 12.0 Å². The van der Waals surface area contributed by atoms with Gasteiger partial charge in [-0.15, -0.1) is 0 Å². The number of hydrogen-bond donors (Lipinski definition) is 1. The largest absolute Gasteiger partial charge is 1.00 e. The van der Waals surface area contributed by atoms with Crippen LogP contribution in [0, 0.1) is 5.92 Å². The van der Waals surface area contributed by atoms with Crippen molar-refractivity contribution in [3.8, 4) is 0 Å². The zero-order valence-electron chi connectivity index (χ0n) is 11.5. The number of benzene rings is 1. The van der Waals surface area contributed by atoms with Crippen molar-refractivity contribution in [2.45, 2.75) is 25.7 Å². The predicted molar refractivity (Wildman–Crippen MR) is 66.7 cm³/mol. The van der Waals surface area contributed by atoms with Crippen LogP contribution in [0.3, 0.4) is 0 Å². The van der Waals surface area contributed by atoms with Gasteiger partial charge in [-0.2, -0.15) is 0 Å². The Morgan fingerprint density at radius 3 is 2.25 bits per heavy atom. The van der Waals surface area contributed by atoms with Crippen molar-refractivity contribution in [1.29, 1.82) is 0 Å². The van der Waals surface area contributed by atoms with Crippen molar-refractivity contribution in [2.75, 3.05) is 0 Å². The van der Waals surface area contributed by atoms with Crippen LogP contribution in [-0.2, 0) is 20.8 Å². The predicted octanol–water partition coefficient (Wildman–Crippen LogP) is -3.18. The molecule has 1 rings (SSSR count). The molecule has 0 aliphatic heterocycles. The summed E-state index contributed by atoms with van der Waals surface area (Å²) in [6, 6.07) is 9.06. The molecule has 0 aliphatic carbocycles. The molecule has 0 heterocycles. The molecular weight excluding hydrogens is 269 g/mol. The molecule has 0 bridgehead atoms. The second kappa shape index (κ2) is 9.69. The number of amides is 1. The molecule has 0 saturated heterocycles. The van der Waals surface area contributed by atoms with E-state index >= 15 is 0 Å². The van der Waals surface area contributed by atoms with Crippen LogP contribution in [0.2, 0.25) is 0 Å². The fourth-order valence-electron chi connectivity index (χ4n) is 1.79. The number of carbonyl (C=O) groups excluding carboxylic acids is 3. The van der Waals surface area contributed by atoms with Crippen LogP contribution in [0.25, 0.3) is 0 Å². The zero-order chi connectivity index (χ0) is 14.3. The molecule has 0 radical (unpaired) electrons. The molecule has 0 fully saturated rings. The maximum absolute atomic E-state index is 11.8. The van der Waals surface area contributed by atoms with Crippen LogP contribution in [0.4, 0.5) is 0 Å². The van der Waals surface area contributed by atoms with E-state index < -0.39 is 17.8 Å². The van der Waals surface area contributed by atoms with Gasteiger partial charge in [0.05, 0.1) is 0 Å². The molecule has 5 nitrogen and oxygen atoms in total. The monoisotopic (exact) mass is 285 g/mol. The summed E-state index contributed by atoms with van der Waals surface area (Å²) in [5.74, 6) is -3.04. The normalized spacial score (nSPS) is 11.2. The van der Waals surface area contributed by atoms with Crippen molar-refractivity contribution in [2.24, 2.45) is 11.7 Å². The molecule has 1 amide bonds. The molecule has 2 N–H and O–H groups in total. The molecule has 0 spiro atoms. The van der Waals surface area contributed by atoms with Crippen LogP contribution in [0.5, 0.6) is 0 Å². The minimum atomic E-state index is -1.32. The first kappa shape index (κ1) is 18.8. The molecule has 0 saturated carbocycles. The summed E-state index contributed by atoms with van der Waals surface area (Å²) < 4.78 is 0. The molecule has 1 aromatic rings. The van der Waals surface area contributed by atoms with Crippen LogP contribution in [0.1, 0.15) is 24.8 Å². The van der Waals surface area contributed by atoms with Gasteiger partial charge in [0, 0.05) is 31.1 Å². The van der Waals surface area contributed by atoms with Crippen molar-refractivity contribution in [3.63, 3.8) is 0 Å². The first-order chi connectivity index (χ1) is 8.99. The fraction of sp³-hybridized carbons (Fsp3) is 0.357. The second-order valence-electron chi connectivity index (χ2n) is 4.43. The number of nitrogens with two attached hydrogens (primary N) is 1. The van der Waals surface area contributed by atoms with E-state index in [-0.39, 0.29) is 61.0 Å². The molecule has 0 unspecified atom stereocenters. The summed E-state index contributed by atoms with van der Waals surface area (Å²) in [5, 5.41) is 10.9. The second-order valence-corrected chi connectivity index (χ2v) is 4.43.